The summed E-state index contributed by atoms with van der Waals surface area (Å²) in [5.74, 6) is 2.33. The number of thioether (sulfide) groups is 1. The maximum atomic E-state index is 12.2. The Labute approximate surface area is 136 Å². The van der Waals surface area contributed by atoms with Gasteiger partial charge in [0.15, 0.2) is 0 Å². The smallest absolute Gasteiger partial charge is 0.232 e. The average Bonchev–Trinajstić information content (AvgIpc) is 2.97. The van der Waals surface area contributed by atoms with Gasteiger partial charge >= 0.3 is 0 Å². The summed E-state index contributed by atoms with van der Waals surface area (Å²) in [5, 5.41) is 3.92. The van der Waals surface area contributed by atoms with Crippen LogP contribution in [0.25, 0.3) is 0 Å². The van der Waals surface area contributed by atoms with Gasteiger partial charge in [-0.2, -0.15) is 0 Å². The van der Waals surface area contributed by atoms with Gasteiger partial charge in [0.25, 0.3) is 0 Å². The molecule has 2 N–H and O–H groups in total. The lowest BCUT2D eigenvalue weighted by molar-refractivity contribution is -0.127. The molecular weight excluding hydrogens is 310 g/mol. The zero-order chi connectivity index (χ0) is 14.8. The summed E-state index contributed by atoms with van der Waals surface area (Å²) < 4.78 is 5.12. The van der Waals surface area contributed by atoms with Crippen LogP contribution in [-0.4, -0.2) is 41.4 Å². The van der Waals surface area contributed by atoms with E-state index < -0.39 is 0 Å². The van der Waals surface area contributed by atoms with Crippen molar-refractivity contribution in [2.75, 3.05) is 25.4 Å². The quantitative estimate of drug-likeness (QED) is 0.893. The Morgan fingerprint density at radius 1 is 1.52 bits per heavy atom. The normalized spacial score (nSPS) is 21.4. The number of hydrogen-bond donors (Lipinski definition) is 1. The van der Waals surface area contributed by atoms with E-state index in [0.29, 0.717) is 12.3 Å². The maximum Gasteiger partial charge on any atom is 0.232 e. The van der Waals surface area contributed by atoms with Crippen molar-refractivity contribution < 1.29 is 9.32 Å². The second kappa shape index (κ2) is 7.51. The van der Waals surface area contributed by atoms with Gasteiger partial charge in [-0.25, -0.2) is 0 Å². The number of rotatable bonds is 5. The predicted molar refractivity (Wildman–Crippen MR) is 87.7 cm³/mol. The van der Waals surface area contributed by atoms with E-state index in [4.69, 9.17) is 10.3 Å². The summed E-state index contributed by atoms with van der Waals surface area (Å²) in [6, 6.07) is 0. The molecule has 0 saturated carbocycles. The molecule has 120 valence electrons. The highest BCUT2D eigenvalue weighted by Crippen LogP contribution is 2.29. The van der Waals surface area contributed by atoms with Crippen LogP contribution in [0.2, 0.25) is 0 Å². The van der Waals surface area contributed by atoms with Gasteiger partial charge < -0.3 is 15.2 Å². The first-order chi connectivity index (χ1) is 9.45. The van der Waals surface area contributed by atoms with E-state index in [1.165, 1.54) is 0 Å². The molecule has 1 atom stereocenters. The Hall–Kier alpha value is -0.720. The van der Waals surface area contributed by atoms with Crippen LogP contribution in [0.5, 0.6) is 0 Å². The second-order valence-corrected chi connectivity index (χ2v) is 6.86. The molecule has 1 aromatic heterocycles. The summed E-state index contributed by atoms with van der Waals surface area (Å²) in [5.41, 5.74) is 7.89. The third-order valence-corrected chi connectivity index (χ3v) is 5.00. The molecule has 1 saturated heterocycles. The van der Waals surface area contributed by atoms with E-state index >= 15 is 0 Å². The van der Waals surface area contributed by atoms with Gasteiger partial charge in [0, 0.05) is 24.4 Å². The maximum absolute atomic E-state index is 12.2. The van der Waals surface area contributed by atoms with E-state index in [1.54, 1.807) is 11.8 Å². The van der Waals surface area contributed by atoms with E-state index in [9.17, 15) is 4.79 Å². The molecule has 0 aromatic carbocycles. The van der Waals surface area contributed by atoms with Gasteiger partial charge in [-0.15, -0.1) is 24.2 Å². The van der Waals surface area contributed by atoms with Crippen molar-refractivity contribution in [2.24, 2.45) is 11.1 Å². The number of carbonyl (C=O) groups excluding carboxylic acids is 1. The lowest BCUT2D eigenvalue weighted by atomic mass is 9.90. The molecule has 7 heteroatoms. The number of aromatic nitrogens is 1. The first kappa shape index (κ1) is 18.3. The van der Waals surface area contributed by atoms with Crippen LogP contribution >= 0.6 is 24.2 Å². The van der Waals surface area contributed by atoms with Gasteiger partial charge in [-0.3, -0.25) is 4.79 Å². The minimum Gasteiger partial charge on any atom is -0.361 e. The molecule has 2 rings (SSSR count). The zero-order valence-electron chi connectivity index (χ0n) is 12.8. The third kappa shape index (κ3) is 4.37. The summed E-state index contributed by atoms with van der Waals surface area (Å²) >= 11 is 1.62. The van der Waals surface area contributed by atoms with Crippen LogP contribution in [0.4, 0.5) is 0 Å². The van der Waals surface area contributed by atoms with Gasteiger partial charge in [0.05, 0.1) is 11.4 Å². The molecule has 1 aliphatic rings. The predicted octanol–water partition coefficient (Wildman–Crippen LogP) is 2.14. The highest BCUT2D eigenvalue weighted by atomic mass is 35.5. The highest BCUT2D eigenvalue weighted by Gasteiger charge is 2.34. The Morgan fingerprint density at radius 3 is 2.76 bits per heavy atom. The molecule has 1 aliphatic heterocycles. The van der Waals surface area contributed by atoms with Crippen molar-refractivity contribution in [3.63, 3.8) is 0 Å². The minimum absolute atomic E-state index is 0. The fourth-order valence-electron chi connectivity index (χ4n) is 2.44. The van der Waals surface area contributed by atoms with Crippen LogP contribution in [0.1, 0.15) is 30.4 Å². The Morgan fingerprint density at radius 2 is 2.24 bits per heavy atom. The van der Waals surface area contributed by atoms with Crippen molar-refractivity contribution in [3.05, 3.63) is 17.0 Å². The molecule has 0 aliphatic carbocycles. The Kier molecular flexibility index (Phi) is 6.56. The Bertz CT molecular complexity index is 475. The van der Waals surface area contributed by atoms with Crippen LogP contribution in [0.15, 0.2) is 4.52 Å². The minimum atomic E-state index is 0. The topological polar surface area (TPSA) is 72.4 Å². The molecule has 0 bridgehead atoms. The number of hydrogen-bond acceptors (Lipinski definition) is 5. The van der Waals surface area contributed by atoms with Gasteiger partial charge in [-0.05, 0) is 32.2 Å². The van der Waals surface area contributed by atoms with Crippen molar-refractivity contribution in [1.29, 1.82) is 0 Å². The van der Waals surface area contributed by atoms with Crippen LogP contribution in [-0.2, 0) is 10.5 Å². The number of aryl methyl sites for hydroxylation is 2. The van der Waals surface area contributed by atoms with Crippen LogP contribution in [0, 0.1) is 19.3 Å². The molecule has 0 spiro atoms. The first-order valence-corrected chi connectivity index (χ1v) is 8.08. The van der Waals surface area contributed by atoms with Gasteiger partial charge in [-0.1, -0.05) is 12.1 Å². The average molecular weight is 334 g/mol. The van der Waals surface area contributed by atoms with Gasteiger partial charge in [0.1, 0.15) is 5.76 Å². The number of amides is 1. The SMILES string of the molecule is Cc1noc(C)c1CSCC(=O)N1CCC(C)(CN)C1.Cl. The second-order valence-electron chi connectivity index (χ2n) is 5.88. The Balaban J connectivity index is 0.00000220. The number of nitrogens with zero attached hydrogens (tertiary/aromatic N) is 2. The fourth-order valence-corrected chi connectivity index (χ4v) is 3.52. The summed E-state index contributed by atoms with van der Waals surface area (Å²) in [7, 11) is 0. The van der Waals surface area contributed by atoms with Gasteiger partial charge in [0.2, 0.25) is 5.91 Å². The standard InChI is InChI=1S/C14H23N3O2S.ClH/c1-10-12(11(2)19-16-10)6-20-7-13(18)17-5-4-14(3,8-15)9-17;/h4-9,15H2,1-3H3;1H. The molecule has 1 fully saturated rings. The van der Waals surface area contributed by atoms with Crippen molar-refractivity contribution in [3.8, 4) is 0 Å². The summed E-state index contributed by atoms with van der Waals surface area (Å²) in [6.45, 7) is 8.25. The van der Waals surface area contributed by atoms with Crippen LogP contribution < -0.4 is 5.73 Å². The van der Waals surface area contributed by atoms with E-state index in [1.807, 2.05) is 18.7 Å². The van der Waals surface area contributed by atoms with Crippen molar-refractivity contribution >= 4 is 30.1 Å². The van der Waals surface area contributed by atoms with E-state index in [0.717, 1.165) is 42.3 Å². The lowest BCUT2D eigenvalue weighted by Gasteiger charge is -2.22. The fraction of sp³-hybridized carbons (Fsp3) is 0.714. The molecular formula is C14H24ClN3O2S. The van der Waals surface area contributed by atoms with Crippen LogP contribution in [0.3, 0.4) is 0 Å². The molecule has 1 amide bonds. The lowest BCUT2D eigenvalue weighted by Crippen LogP contribution is -2.35. The number of likely N-dealkylation sites (tertiary alicyclic amines) is 1. The largest absolute Gasteiger partial charge is 0.361 e. The summed E-state index contributed by atoms with van der Waals surface area (Å²) in [4.78, 5) is 14.1. The molecule has 21 heavy (non-hydrogen) atoms. The number of carbonyl (C=O) groups is 1. The molecule has 2 heterocycles. The van der Waals surface area contributed by atoms with Crippen molar-refractivity contribution in [2.45, 2.75) is 32.9 Å². The molecule has 0 radical (unpaired) electrons. The molecule has 1 unspecified atom stereocenters. The highest BCUT2D eigenvalue weighted by molar-refractivity contribution is 7.99. The third-order valence-electron chi connectivity index (χ3n) is 4.06. The first-order valence-electron chi connectivity index (χ1n) is 6.92. The molecule has 1 aromatic rings. The van der Waals surface area contributed by atoms with Crippen molar-refractivity contribution in [1.82, 2.24) is 10.1 Å². The van der Waals surface area contributed by atoms with E-state index in [2.05, 4.69) is 12.1 Å². The zero-order valence-corrected chi connectivity index (χ0v) is 14.5. The van der Waals surface area contributed by atoms with E-state index in [-0.39, 0.29) is 23.7 Å². The number of halogens is 1. The monoisotopic (exact) mass is 333 g/mol. The summed E-state index contributed by atoms with van der Waals surface area (Å²) in [6.07, 6.45) is 1.00. The molecule has 5 nitrogen and oxygen atoms in total. The number of nitrogens with two attached hydrogens (primary N) is 1.